The Morgan fingerprint density at radius 2 is 2.17 bits per heavy atom. The van der Waals surface area contributed by atoms with E-state index in [4.69, 9.17) is 4.52 Å². The van der Waals surface area contributed by atoms with Gasteiger partial charge in [0.25, 0.3) is 0 Å². The van der Waals surface area contributed by atoms with Crippen LogP contribution in [0.5, 0.6) is 0 Å². The van der Waals surface area contributed by atoms with Crippen LogP contribution >= 0.6 is 0 Å². The molecule has 1 unspecified atom stereocenters. The molecule has 102 valence electrons. The summed E-state index contributed by atoms with van der Waals surface area (Å²) in [6.45, 7) is 7.85. The predicted molar refractivity (Wildman–Crippen MR) is 68.4 cm³/mol. The third kappa shape index (κ3) is 3.09. The molecule has 2 rings (SSSR count). The number of hydrogen-bond acceptors (Lipinski definition) is 5. The monoisotopic (exact) mass is 253 g/mol. The van der Waals surface area contributed by atoms with Crippen molar-refractivity contribution in [2.24, 2.45) is 0 Å². The van der Waals surface area contributed by atoms with Crippen molar-refractivity contribution in [2.45, 2.75) is 51.0 Å². The maximum Gasteiger partial charge on any atom is 0.229 e. The summed E-state index contributed by atoms with van der Waals surface area (Å²) in [4.78, 5) is 6.53. The van der Waals surface area contributed by atoms with Gasteiger partial charge in [-0.3, -0.25) is 0 Å². The van der Waals surface area contributed by atoms with Gasteiger partial charge in [0.1, 0.15) is 0 Å². The first-order chi connectivity index (χ1) is 8.28. The number of hydrogen-bond donors (Lipinski definition) is 1. The first-order valence-electron chi connectivity index (χ1n) is 6.53. The Labute approximate surface area is 108 Å². The number of piperidine rings is 1. The van der Waals surface area contributed by atoms with Crippen LogP contribution in [0.15, 0.2) is 4.52 Å². The second-order valence-corrected chi connectivity index (χ2v) is 6.50. The fraction of sp³-hybridized carbons (Fsp3) is 0.846. The van der Waals surface area contributed by atoms with Gasteiger partial charge in [-0.25, -0.2) is 0 Å². The third-order valence-corrected chi connectivity index (χ3v) is 3.37. The number of nitrogens with zero attached hydrogens (tertiary/aromatic N) is 3. The molecule has 1 aliphatic rings. The summed E-state index contributed by atoms with van der Waals surface area (Å²) < 4.78 is 5.25. The van der Waals surface area contributed by atoms with Gasteiger partial charge in [-0.1, -0.05) is 25.9 Å². The lowest BCUT2D eigenvalue weighted by molar-refractivity contribution is -0.0274. The van der Waals surface area contributed by atoms with E-state index in [1.54, 1.807) is 0 Å². The first kappa shape index (κ1) is 13.5. The Morgan fingerprint density at radius 1 is 1.44 bits per heavy atom. The molecular weight excluding hydrogens is 230 g/mol. The fourth-order valence-corrected chi connectivity index (χ4v) is 2.40. The predicted octanol–water partition coefficient (Wildman–Crippen LogP) is 1.37. The average molecular weight is 253 g/mol. The normalized spacial score (nSPS) is 26.5. The molecule has 0 bridgehead atoms. The molecule has 0 spiro atoms. The van der Waals surface area contributed by atoms with E-state index in [-0.39, 0.29) is 5.41 Å². The van der Waals surface area contributed by atoms with Crippen molar-refractivity contribution in [3.63, 3.8) is 0 Å². The van der Waals surface area contributed by atoms with E-state index in [2.05, 4.69) is 15.0 Å². The minimum Gasteiger partial charge on any atom is -0.388 e. The summed E-state index contributed by atoms with van der Waals surface area (Å²) >= 11 is 0. The molecule has 1 aromatic heterocycles. The molecule has 5 nitrogen and oxygen atoms in total. The van der Waals surface area contributed by atoms with Gasteiger partial charge in [0, 0.05) is 12.0 Å². The van der Waals surface area contributed by atoms with E-state index in [0.29, 0.717) is 24.7 Å². The van der Waals surface area contributed by atoms with Gasteiger partial charge in [-0.05, 0) is 26.4 Å². The van der Waals surface area contributed by atoms with E-state index in [1.807, 2.05) is 27.8 Å². The molecule has 0 saturated carbocycles. The van der Waals surface area contributed by atoms with Crippen molar-refractivity contribution in [2.75, 3.05) is 20.1 Å². The second-order valence-electron chi connectivity index (χ2n) is 6.50. The first-order valence-corrected chi connectivity index (χ1v) is 6.53. The van der Waals surface area contributed by atoms with Crippen LogP contribution in [0.4, 0.5) is 0 Å². The van der Waals surface area contributed by atoms with Crippen LogP contribution in [0, 0.1) is 0 Å². The summed E-state index contributed by atoms with van der Waals surface area (Å²) in [5, 5.41) is 14.5. The van der Waals surface area contributed by atoms with E-state index < -0.39 is 5.60 Å². The average Bonchev–Trinajstić information content (AvgIpc) is 2.64. The SMILES string of the molecule is CN1CCCC(O)(Cc2nc(C(C)(C)C)no2)C1. The van der Waals surface area contributed by atoms with Crippen molar-refractivity contribution in [1.29, 1.82) is 0 Å². The summed E-state index contributed by atoms with van der Waals surface area (Å²) in [5.74, 6) is 1.24. The Morgan fingerprint density at radius 3 is 2.72 bits per heavy atom. The molecule has 2 heterocycles. The van der Waals surface area contributed by atoms with E-state index in [0.717, 1.165) is 19.4 Å². The van der Waals surface area contributed by atoms with E-state index in [9.17, 15) is 5.11 Å². The Kier molecular flexibility index (Phi) is 3.47. The van der Waals surface area contributed by atoms with Gasteiger partial charge in [0.2, 0.25) is 5.89 Å². The molecule has 18 heavy (non-hydrogen) atoms. The highest BCUT2D eigenvalue weighted by Gasteiger charge is 2.34. The molecule has 0 aromatic carbocycles. The van der Waals surface area contributed by atoms with Crippen LogP contribution in [0.3, 0.4) is 0 Å². The molecule has 5 heteroatoms. The summed E-state index contributed by atoms with van der Waals surface area (Å²) in [6, 6.07) is 0. The van der Waals surface area contributed by atoms with Crippen molar-refractivity contribution in [1.82, 2.24) is 15.0 Å². The second kappa shape index (κ2) is 4.63. The third-order valence-electron chi connectivity index (χ3n) is 3.37. The largest absolute Gasteiger partial charge is 0.388 e. The number of likely N-dealkylation sites (N-methyl/N-ethyl adjacent to an activating group) is 1. The lowest BCUT2D eigenvalue weighted by atomic mass is 9.90. The molecule has 1 N–H and O–H groups in total. The van der Waals surface area contributed by atoms with Crippen molar-refractivity contribution in [3.8, 4) is 0 Å². The van der Waals surface area contributed by atoms with Gasteiger partial charge >= 0.3 is 0 Å². The molecule has 1 saturated heterocycles. The van der Waals surface area contributed by atoms with Crippen LogP contribution in [0.25, 0.3) is 0 Å². The summed E-state index contributed by atoms with van der Waals surface area (Å²) in [5.41, 5.74) is -0.845. The highest BCUT2D eigenvalue weighted by molar-refractivity contribution is 5.02. The molecule has 0 aliphatic carbocycles. The topological polar surface area (TPSA) is 62.4 Å². The molecule has 1 fully saturated rings. The maximum absolute atomic E-state index is 10.5. The van der Waals surface area contributed by atoms with Gasteiger partial charge < -0.3 is 14.5 Å². The minimum atomic E-state index is -0.727. The molecule has 1 aliphatic heterocycles. The van der Waals surface area contributed by atoms with Crippen LogP contribution in [-0.2, 0) is 11.8 Å². The zero-order valence-electron chi connectivity index (χ0n) is 11.7. The van der Waals surface area contributed by atoms with Crippen molar-refractivity contribution >= 4 is 0 Å². The number of likely N-dealkylation sites (tertiary alicyclic amines) is 1. The molecule has 0 radical (unpaired) electrons. The van der Waals surface area contributed by atoms with Gasteiger partial charge in [0.05, 0.1) is 12.0 Å². The van der Waals surface area contributed by atoms with Crippen LogP contribution in [0.1, 0.15) is 45.3 Å². The van der Waals surface area contributed by atoms with E-state index in [1.165, 1.54) is 0 Å². The van der Waals surface area contributed by atoms with Crippen LogP contribution in [-0.4, -0.2) is 45.9 Å². The highest BCUT2D eigenvalue weighted by Crippen LogP contribution is 2.25. The minimum absolute atomic E-state index is 0.117. The molecular formula is C13H23N3O2. The van der Waals surface area contributed by atoms with Crippen LogP contribution in [0.2, 0.25) is 0 Å². The lowest BCUT2D eigenvalue weighted by Crippen LogP contribution is -2.47. The standard InChI is InChI=1S/C13H23N3O2/c1-12(2,3)11-14-10(18-15-11)8-13(17)6-5-7-16(4)9-13/h17H,5-9H2,1-4H3. The number of aliphatic hydroxyl groups is 1. The molecule has 1 aromatic rings. The van der Waals surface area contributed by atoms with Crippen LogP contribution < -0.4 is 0 Å². The fourth-order valence-electron chi connectivity index (χ4n) is 2.40. The zero-order chi connectivity index (χ0) is 13.4. The highest BCUT2D eigenvalue weighted by atomic mass is 16.5. The Bertz CT molecular complexity index is 411. The van der Waals surface area contributed by atoms with Gasteiger partial charge in [-0.2, -0.15) is 4.98 Å². The molecule has 0 amide bonds. The van der Waals surface area contributed by atoms with E-state index >= 15 is 0 Å². The Hall–Kier alpha value is -0.940. The van der Waals surface area contributed by atoms with Gasteiger partial charge in [-0.15, -0.1) is 0 Å². The zero-order valence-corrected chi connectivity index (χ0v) is 11.7. The summed E-state index contributed by atoms with van der Waals surface area (Å²) in [6.07, 6.45) is 2.25. The van der Waals surface area contributed by atoms with Crippen molar-refractivity contribution < 1.29 is 9.63 Å². The van der Waals surface area contributed by atoms with Crippen molar-refractivity contribution in [3.05, 3.63) is 11.7 Å². The molecule has 1 atom stereocenters. The van der Waals surface area contributed by atoms with Gasteiger partial charge in [0.15, 0.2) is 5.82 Å². The number of aromatic nitrogens is 2. The quantitative estimate of drug-likeness (QED) is 0.862. The maximum atomic E-state index is 10.5. The number of β-amino-alcohol motifs (C(OH)–C–C–N with tert-alkyl or cyclic N) is 1. The number of rotatable bonds is 2. The summed E-state index contributed by atoms with van der Waals surface area (Å²) in [7, 11) is 2.03. The Balaban J connectivity index is 2.07. The lowest BCUT2D eigenvalue weighted by Gasteiger charge is -2.36. The smallest absolute Gasteiger partial charge is 0.229 e.